The molecule has 1 aromatic rings. The van der Waals surface area contributed by atoms with Crippen LogP contribution in [0, 0.1) is 17.0 Å². The monoisotopic (exact) mass is 225 g/mol. The zero-order valence-corrected chi connectivity index (χ0v) is 9.56. The fraction of sp³-hybridized carbons (Fsp3) is 0.500. The van der Waals surface area contributed by atoms with E-state index in [0.717, 1.165) is 0 Å². The van der Waals surface area contributed by atoms with Crippen LogP contribution < -0.4 is 11.3 Å². The second-order valence-electron chi connectivity index (χ2n) is 4.55. The van der Waals surface area contributed by atoms with Gasteiger partial charge in [-0.25, -0.2) is 0 Å². The summed E-state index contributed by atoms with van der Waals surface area (Å²) in [5, 5.41) is 10.7. The molecular formula is C10H15N3O3. The summed E-state index contributed by atoms with van der Waals surface area (Å²) in [6.07, 6.45) is 1.24. The highest BCUT2D eigenvalue weighted by Gasteiger charge is 2.17. The average Bonchev–Trinajstić information content (AvgIpc) is 2.07. The number of nitrogens with zero attached hydrogens (tertiary/aromatic N) is 2. The second kappa shape index (κ2) is 4.05. The van der Waals surface area contributed by atoms with Gasteiger partial charge in [0.25, 0.3) is 11.2 Å². The zero-order chi connectivity index (χ0) is 12.5. The first-order valence-electron chi connectivity index (χ1n) is 4.85. The molecule has 1 aromatic heterocycles. The molecule has 0 aromatic carbocycles. The van der Waals surface area contributed by atoms with Gasteiger partial charge < -0.3 is 10.3 Å². The number of nitrogens with two attached hydrogens (primary N) is 1. The molecule has 0 bridgehead atoms. The highest BCUT2D eigenvalue weighted by molar-refractivity contribution is 5.35. The molecule has 88 valence electrons. The van der Waals surface area contributed by atoms with E-state index in [0.29, 0.717) is 5.56 Å². The first kappa shape index (κ1) is 12.4. The molecule has 0 spiro atoms. The third-order valence-electron chi connectivity index (χ3n) is 2.08. The quantitative estimate of drug-likeness (QED) is 0.608. The number of aromatic nitrogens is 1. The van der Waals surface area contributed by atoms with E-state index in [1.165, 1.54) is 23.8 Å². The molecule has 16 heavy (non-hydrogen) atoms. The lowest BCUT2D eigenvalue weighted by Crippen LogP contribution is -2.40. The van der Waals surface area contributed by atoms with Gasteiger partial charge >= 0.3 is 0 Å². The van der Waals surface area contributed by atoms with Gasteiger partial charge in [-0.3, -0.25) is 14.9 Å². The molecule has 0 aliphatic carbocycles. The van der Waals surface area contributed by atoms with Crippen molar-refractivity contribution in [2.24, 2.45) is 5.73 Å². The normalized spacial score (nSPS) is 11.5. The lowest BCUT2D eigenvalue weighted by Gasteiger charge is -2.19. The molecule has 1 rings (SSSR count). The molecule has 6 nitrogen and oxygen atoms in total. The Bertz CT molecular complexity index is 471. The summed E-state index contributed by atoms with van der Waals surface area (Å²) in [5.74, 6) is 0. The van der Waals surface area contributed by atoms with Crippen molar-refractivity contribution in [3.05, 3.63) is 38.3 Å². The molecule has 0 saturated heterocycles. The summed E-state index contributed by atoms with van der Waals surface area (Å²) in [6.45, 7) is 5.29. The minimum Gasteiger partial charge on any atom is -0.324 e. The first-order valence-corrected chi connectivity index (χ1v) is 4.85. The number of nitro groups is 1. The van der Waals surface area contributed by atoms with Crippen LogP contribution in [0.5, 0.6) is 0 Å². The van der Waals surface area contributed by atoms with E-state index in [4.69, 9.17) is 5.73 Å². The van der Waals surface area contributed by atoms with E-state index in [-0.39, 0.29) is 17.8 Å². The van der Waals surface area contributed by atoms with Gasteiger partial charge in [0.15, 0.2) is 0 Å². The fourth-order valence-electron chi connectivity index (χ4n) is 1.41. The van der Waals surface area contributed by atoms with Crippen molar-refractivity contribution >= 4 is 5.69 Å². The summed E-state index contributed by atoms with van der Waals surface area (Å²) in [6, 6.07) is 1.25. The highest BCUT2D eigenvalue weighted by atomic mass is 16.6. The van der Waals surface area contributed by atoms with Crippen LogP contribution >= 0.6 is 0 Å². The lowest BCUT2D eigenvalue weighted by molar-refractivity contribution is -0.385. The number of hydrogen-bond donors (Lipinski definition) is 1. The van der Waals surface area contributed by atoms with E-state index in [2.05, 4.69) is 0 Å². The molecular weight excluding hydrogens is 210 g/mol. The van der Waals surface area contributed by atoms with Crippen LogP contribution in [-0.2, 0) is 6.54 Å². The van der Waals surface area contributed by atoms with Crippen LogP contribution in [0.25, 0.3) is 0 Å². The average molecular weight is 225 g/mol. The Morgan fingerprint density at radius 3 is 2.56 bits per heavy atom. The largest absolute Gasteiger partial charge is 0.324 e. The van der Waals surface area contributed by atoms with Crippen LogP contribution in [0.4, 0.5) is 5.69 Å². The van der Waals surface area contributed by atoms with Crippen molar-refractivity contribution in [3.8, 4) is 0 Å². The van der Waals surface area contributed by atoms with Crippen molar-refractivity contribution in [1.29, 1.82) is 0 Å². The summed E-state index contributed by atoms with van der Waals surface area (Å²) in [7, 11) is 0. The van der Waals surface area contributed by atoms with Gasteiger partial charge in [-0.2, -0.15) is 0 Å². The van der Waals surface area contributed by atoms with Crippen LogP contribution in [-0.4, -0.2) is 15.0 Å². The van der Waals surface area contributed by atoms with E-state index >= 15 is 0 Å². The van der Waals surface area contributed by atoms with Gasteiger partial charge in [-0.15, -0.1) is 0 Å². The summed E-state index contributed by atoms with van der Waals surface area (Å²) in [5.41, 5.74) is 5.20. The number of rotatable bonds is 3. The maximum absolute atomic E-state index is 11.6. The number of hydrogen-bond acceptors (Lipinski definition) is 4. The van der Waals surface area contributed by atoms with E-state index in [9.17, 15) is 14.9 Å². The maximum Gasteiger partial charge on any atom is 0.288 e. The molecule has 0 saturated carbocycles. The molecule has 2 N–H and O–H groups in total. The Morgan fingerprint density at radius 1 is 1.56 bits per heavy atom. The van der Waals surface area contributed by atoms with Crippen LogP contribution in [0.2, 0.25) is 0 Å². The van der Waals surface area contributed by atoms with Crippen molar-refractivity contribution in [3.63, 3.8) is 0 Å². The SMILES string of the molecule is Cc1cc(=O)n(CC(C)(C)N)cc1[N+](=O)[O-]. The predicted molar refractivity (Wildman–Crippen MR) is 60.4 cm³/mol. The minimum absolute atomic E-state index is 0.0659. The standard InChI is InChI=1S/C10H15N3O3/c1-7-4-9(14)12(6-10(2,3)11)5-8(7)13(15)16/h4-5H,6,11H2,1-3H3. The second-order valence-corrected chi connectivity index (χ2v) is 4.55. The number of aryl methyl sites for hydroxylation is 1. The summed E-state index contributed by atoms with van der Waals surface area (Å²) >= 11 is 0. The topological polar surface area (TPSA) is 91.2 Å². The Balaban J connectivity index is 3.26. The van der Waals surface area contributed by atoms with Gasteiger partial charge in [0.2, 0.25) is 0 Å². The van der Waals surface area contributed by atoms with Crippen LogP contribution in [0.1, 0.15) is 19.4 Å². The van der Waals surface area contributed by atoms with Crippen LogP contribution in [0.3, 0.4) is 0 Å². The highest BCUT2D eigenvalue weighted by Crippen LogP contribution is 2.14. The zero-order valence-electron chi connectivity index (χ0n) is 9.56. The Labute approximate surface area is 92.8 Å². The van der Waals surface area contributed by atoms with E-state index in [1.807, 2.05) is 0 Å². The smallest absolute Gasteiger partial charge is 0.288 e. The predicted octanol–water partition coefficient (Wildman–Crippen LogP) is 0.802. The van der Waals surface area contributed by atoms with Gasteiger partial charge in [0.1, 0.15) is 0 Å². The van der Waals surface area contributed by atoms with Crippen molar-refractivity contribution in [2.75, 3.05) is 0 Å². The Hall–Kier alpha value is -1.69. The van der Waals surface area contributed by atoms with Gasteiger partial charge in [-0.1, -0.05) is 0 Å². The molecule has 0 atom stereocenters. The van der Waals surface area contributed by atoms with Gasteiger partial charge in [0.05, 0.1) is 11.1 Å². The van der Waals surface area contributed by atoms with Crippen molar-refractivity contribution in [1.82, 2.24) is 4.57 Å². The van der Waals surface area contributed by atoms with Crippen molar-refractivity contribution < 1.29 is 4.92 Å². The molecule has 1 heterocycles. The van der Waals surface area contributed by atoms with Gasteiger partial charge in [-0.05, 0) is 20.8 Å². The molecule has 0 unspecified atom stereocenters. The molecule has 0 aliphatic rings. The summed E-state index contributed by atoms with van der Waals surface area (Å²) < 4.78 is 1.27. The Kier molecular flexibility index (Phi) is 3.14. The van der Waals surface area contributed by atoms with Crippen LogP contribution in [0.15, 0.2) is 17.1 Å². The van der Waals surface area contributed by atoms with Crippen molar-refractivity contribution in [2.45, 2.75) is 32.9 Å². The Morgan fingerprint density at radius 2 is 2.12 bits per heavy atom. The number of pyridine rings is 1. The minimum atomic E-state index is -0.590. The third kappa shape index (κ3) is 2.90. The van der Waals surface area contributed by atoms with E-state index in [1.54, 1.807) is 13.8 Å². The molecule has 6 heteroatoms. The molecule has 0 aliphatic heterocycles. The molecule has 0 amide bonds. The molecule has 0 radical (unpaired) electrons. The first-order chi connectivity index (χ1) is 7.20. The molecule has 0 fully saturated rings. The third-order valence-corrected chi connectivity index (χ3v) is 2.08. The maximum atomic E-state index is 11.6. The van der Waals surface area contributed by atoms with Gasteiger partial charge in [0, 0.05) is 23.7 Å². The van der Waals surface area contributed by atoms with E-state index < -0.39 is 10.5 Å². The fourth-order valence-corrected chi connectivity index (χ4v) is 1.41. The summed E-state index contributed by atoms with van der Waals surface area (Å²) in [4.78, 5) is 21.8. The lowest BCUT2D eigenvalue weighted by atomic mass is 10.1.